The van der Waals surface area contributed by atoms with Crippen LogP contribution in [0.2, 0.25) is 0 Å². The number of unbranched alkanes of at least 4 members (excludes halogenated alkanes) is 11. The fraction of sp³-hybridized carbons (Fsp3) is 1.00. The van der Waals surface area contributed by atoms with Crippen molar-refractivity contribution in [3.05, 3.63) is 0 Å². The van der Waals surface area contributed by atoms with Crippen molar-refractivity contribution < 1.29 is 42.5 Å². The molecule has 1 unspecified atom stereocenters. The minimum Gasteiger partial charge on any atom is -0.748 e. The van der Waals surface area contributed by atoms with E-state index in [-0.39, 0.29) is 29.6 Å². The molecular formula is C18H37NaO3S. The third-order valence-corrected chi connectivity index (χ3v) is 5.71. The van der Waals surface area contributed by atoms with E-state index in [1.54, 1.807) is 0 Å². The van der Waals surface area contributed by atoms with Gasteiger partial charge in [0.1, 0.15) is 0 Å². The summed E-state index contributed by atoms with van der Waals surface area (Å²) in [6, 6.07) is 0. The van der Waals surface area contributed by atoms with E-state index in [0.717, 1.165) is 32.1 Å². The fourth-order valence-electron chi connectivity index (χ4n) is 2.91. The normalized spacial score (nSPS) is 12.8. The molecule has 0 aliphatic carbocycles. The Morgan fingerprint density at radius 3 is 1.26 bits per heavy atom. The first-order valence-corrected chi connectivity index (χ1v) is 10.9. The van der Waals surface area contributed by atoms with Gasteiger partial charge in [0, 0.05) is 5.25 Å². The van der Waals surface area contributed by atoms with Gasteiger partial charge in [-0.15, -0.1) is 0 Å². The fourth-order valence-corrected chi connectivity index (χ4v) is 3.83. The average molecular weight is 357 g/mol. The molecule has 1 atom stereocenters. The first kappa shape index (κ1) is 26.1. The zero-order valence-corrected chi connectivity index (χ0v) is 18.6. The van der Waals surface area contributed by atoms with Crippen molar-refractivity contribution >= 4 is 10.1 Å². The monoisotopic (exact) mass is 356 g/mol. The van der Waals surface area contributed by atoms with Crippen LogP contribution in [0.5, 0.6) is 0 Å². The molecule has 0 bridgehead atoms. The summed E-state index contributed by atoms with van der Waals surface area (Å²) in [7, 11) is -4.11. The van der Waals surface area contributed by atoms with Crippen molar-refractivity contribution in [3.8, 4) is 0 Å². The third kappa shape index (κ3) is 17.5. The molecule has 134 valence electrons. The van der Waals surface area contributed by atoms with E-state index >= 15 is 0 Å². The molecule has 0 aromatic heterocycles. The summed E-state index contributed by atoms with van der Waals surface area (Å²) in [5.41, 5.74) is 0. The molecule has 0 aromatic rings. The van der Waals surface area contributed by atoms with E-state index in [1.165, 1.54) is 51.4 Å². The first-order valence-electron chi connectivity index (χ1n) is 9.47. The van der Waals surface area contributed by atoms with Gasteiger partial charge in [0.15, 0.2) is 0 Å². The van der Waals surface area contributed by atoms with Gasteiger partial charge in [-0.1, -0.05) is 97.3 Å². The molecule has 0 N–H and O–H groups in total. The maximum absolute atomic E-state index is 11.3. The van der Waals surface area contributed by atoms with Gasteiger partial charge in [0.25, 0.3) is 0 Å². The second kappa shape index (κ2) is 17.7. The van der Waals surface area contributed by atoms with Crippen LogP contribution in [0, 0.1) is 0 Å². The predicted octanol–water partition coefficient (Wildman–Crippen LogP) is 2.80. The quantitative estimate of drug-likeness (QED) is 0.243. The van der Waals surface area contributed by atoms with E-state index in [4.69, 9.17) is 0 Å². The Balaban J connectivity index is 0. The van der Waals surface area contributed by atoms with Gasteiger partial charge in [-0.2, -0.15) is 0 Å². The van der Waals surface area contributed by atoms with Crippen molar-refractivity contribution in [2.75, 3.05) is 0 Å². The van der Waals surface area contributed by atoms with Gasteiger partial charge in [0.2, 0.25) is 0 Å². The Bertz CT molecular complexity index is 331. The summed E-state index contributed by atoms with van der Waals surface area (Å²) in [4.78, 5) is 0. The van der Waals surface area contributed by atoms with Gasteiger partial charge >= 0.3 is 29.6 Å². The molecule has 0 aliphatic rings. The van der Waals surface area contributed by atoms with Crippen molar-refractivity contribution in [2.24, 2.45) is 0 Å². The van der Waals surface area contributed by atoms with Crippen molar-refractivity contribution in [2.45, 2.75) is 115 Å². The molecule has 0 saturated heterocycles. The van der Waals surface area contributed by atoms with Crippen LogP contribution in [-0.2, 0) is 10.1 Å². The molecule has 5 heteroatoms. The molecule has 0 aliphatic heterocycles. The Labute approximate surface area is 167 Å². The van der Waals surface area contributed by atoms with E-state index in [9.17, 15) is 13.0 Å². The Morgan fingerprint density at radius 2 is 0.957 bits per heavy atom. The summed E-state index contributed by atoms with van der Waals surface area (Å²) < 4.78 is 34.0. The summed E-state index contributed by atoms with van der Waals surface area (Å²) >= 11 is 0. The Kier molecular flexibility index (Phi) is 20.1. The third-order valence-electron chi connectivity index (χ3n) is 4.42. The molecule has 0 heterocycles. The smallest absolute Gasteiger partial charge is 0.748 e. The topological polar surface area (TPSA) is 57.2 Å². The van der Waals surface area contributed by atoms with E-state index in [0.29, 0.717) is 12.8 Å². The molecule has 0 radical (unpaired) electrons. The Hall–Kier alpha value is 0.910. The molecular weight excluding hydrogens is 319 g/mol. The van der Waals surface area contributed by atoms with Gasteiger partial charge in [-0.05, 0) is 12.8 Å². The zero-order chi connectivity index (χ0) is 16.7. The maximum atomic E-state index is 11.3. The van der Waals surface area contributed by atoms with Crippen LogP contribution in [0.1, 0.15) is 110 Å². The van der Waals surface area contributed by atoms with Crippen LogP contribution in [0.3, 0.4) is 0 Å². The van der Waals surface area contributed by atoms with Gasteiger partial charge in [-0.25, -0.2) is 8.42 Å². The van der Waals surface area contributed by atoms with E-state index < -0.39 is 15.4 Å². The summed E-state index contributed by atoms with van der Waals surface area (Å²) in [6.45, 7) is 4.38. The Morgan fingerprint density at radius 1 is 0.652 bits per heavy atom. The second-order valence-electron chi connectivity index (χ2n) is 6.58. The summed E-state index contributed by atoms with van der Waals surface area (Å²) in [5.74, 6) is 0. The standard InChI is InChI=1S/C18H38O3S.Na/c1-3-5-7-9-11-13-15-17-18(22(19,20)21)16-14-12-10-8-6-4-2;/h18H,3-17H2,1-2H3,(H,19,20,21);/q;+1/p-1. The zero-order valence-electron chi connectivity index (χ0n) is 15.8. The van der Waals surface area contributed by atoms with Gasteiger partial charge in [0.05, 0.1) is 10.1 Å². The average Bonchev–Trinajstić information content (AvgIpc) is 2.46. The van der Waals surface area contributed by atoms with Gasteiger partial charge < -0.3 is 4.55 Å². The molecule has 0 rings (SSSR count). The molecule has 0 fully saturated rings. The SMILES string of the molecule is CCCCCCCCCC(CCCCCCCC)S(=O)(=O)[O-].[Na+]. The van der Waals surface area contributed by atoms with Crippen LogP contribution in [0.25, 0.3) is 0 Å². The summed E-state index contributed by atoms with van der Waals surface area (Å²) in [5, 5.41) is -0.644. The van der Waals surface area contributed by atoms with Crippen LogP contribution < -0.4 is 29.6 Å². The van der Waals surface area contributed by atoms with Crippen LogP contribution in [0.15, 0.2) is 0 Å². The molecule has 0 saturated carbocycles. The summed E-state index contributed by atoms with van der Waals surface area (Å²) in [6.07, 6.45) is 16.1. The van der Waals surface area contributed by atoms with Crippen LogP contribution in [0.4, 0.5) is 0 Å². The first-order chi connectivity index (χ1) is 10.5. The van der Waals surface area contributed by atoms with Crippen LogP contribution >= 0.6 is 0 Å². The van der Waals surface area contributed by atoms with E-state index in [1.807, 2.05) is 0 Å². The van der Waals surface area contributed by atoms with E-state index in [2.05, 4.69) is 13.8 Å². The molecule has 0 aromatic carbocycles. The molecule has 23 heavy (non-hydrogen) atoms. The van der Waals surface area contributed by atoms with Gasteiger partial charge in [-0.3, -0.25) is 0 Å². The maximum Gasteiger partial charge on any atom is 1.00 e. The number of rotatable bonds is 16. The van der Waals surface area contributed by atoms with Crippen molar-refractivity contribution in [1.29, 1.82) is 0 Å². The minimum absolute atomic E-state index is 0. The number of hydrogen-bond acceptors (Lipinski definition) is 3. The molecule has 0 amide bonds. The van der Waals surface area contributed by atoms with Crippen LogP contribution in [-0.4, -0.2) is 18.2 Å². The largest absolute Gasteiger partial charge is 1.00 e. The van der Waals surface area contributed by atoms with Crippen molar-refractivity contribution in [3.63, 3.8) is 0 Å². The molecule has 3 nitrogen and oxygen atoms in total. The second-order valence-corrected chi connectivity index (χ2v) is 8.23. The molecule has 0 spiro atoms. The van der Waals surface area contributed by atoms with Crippen molar-refractivity contribution in [1.82, 2.24) is 0 Å². The predicted molar refractivity (Wildman–Crippen MR) is 94.1 cm³/mol. The number of hydrogen-bond donors (Lipinski definition) is 0. The minimum atomic E-state index is -4.11.